The number of nitrogens with one attached hydrogen (secondary N) is 2. The number of carbonyl (C=O) groups excluding carboxylic acids is 1. The average Bonchev–Trinajstić information content (AvgIpc) is 3.15. The van der Waals surface area contributed by atoms with Gasteiger partial charge in [0.05, 0.1) is 16.7 Å². The van der Waals surface area contributed by atoms with Crippen molar-refractivity contribution in [1.29, 1.82) is 0 Å². The fraction of sp³-hybridized carbons (Fsp3) is 0.458. The van der Waals surface area contributed by atoms with Gasteiger partial charge in [-0.1, -0.05) is 39.0 Å². The summed E-state index contributed by atoms with van der Waals surface area (Å²) >= 11 is 1.41. The van der Waals surface area contributed by atoms with Gasteiger partial charge < -0.3 is 10.6 Å². The predicted molar refractivity (Wildman–Crippen MR) is 124 cm³/mol. The molecule has 30 heavy (non-hydrogen) atoms. The summed E-state index contributed by atoms with van der Waals surface area (Å²) < 4.78 is 0. The van der Waals surface area contributed by atoms with E-state index in [1.807, 2.05) is 13.0 Å². The molecule has 3 aromatic rings. The topological polar surface area (TPSA) is 66.9 Å². The van der Waals surface area contributed by atoms with Crippen molar-refractivity contribution in [2.75, 3.05) is 5.32 Å². The van der Waals surface area contributed by atoms with Crippen molar-refractivity contribution in [3.8, 4) is 0 Å². The number of aryl methyl sites for hydroxylation is 1. The number of hydrogen-bond acceptors (Lipinski definition) is 5. The van der Waals surface area contributed by atoms with Crippen LogP contribution in [0.25, 0.3) is 10.9 Å². The first-order valence-corrected chi connectivity index (χ1v) is 11.6. The molecule has 0 bridgehead atoms. The van der Waals surface area contributed by atoms with Gasteiger partial charge in [-0.25, -0.2) is 4.98 Å². The predicted octanol–water partition coefficient (Wildman–Crippen LogP) is 5.45. The van der Waals surface area contributed by atoms with Crippen molar-refractivity contribution in [3.05, 3.63) is 52.1 Å². The Kier molecular flexibility index (Phi) is 5.78. The normalized spacial score (nSPS) is 19.6. The van der Waals surface area contributed by atoms with Crippen molar-refractivity contribution in [1.82, 2.24) is 15.3 Å². The first kappa shape index (κ1) is 20.8. The standard InChI is InChI=1S/C24H30N4OS/c1-15-22(30-14-25-15)23(29)27-17-11-9-16(10-12-17)26-20-13-21(24(2,3)4)28-19-8-6-5-7-18(19)20/h5-8,13-14,16-17H,9-12H2,1-4H3,(H,26,28)(H,27,29). The van der Waals surface area contributed by atoms with Crippen LogP contribution in [0.2, 0.25) is 0 Å². The van der Waals surface area contributed by atoms with E-state index in [-0.39, 0.29) is 17.4 Å². The average molecular weight is 423 g/mol. The molecule has 0 spiro atoms. The first-order valence-electron chi connectivity index (χ1n) is 10.7. The molecule has 0 unspecified atom stereocenters. The van der Waals surface area contributed by atoms with E-state index in [4.69, 9.17) is 4.98 Å². The molecule has 158 valence electrons. The first-order chi connectivity index (χ1) is 14.3. The summed E-state index contributed by atoms with van der Waals surface area (Å²) in [5.41, 5.74) is 5.84. The second kappa shape index (κ2) is 8.34. The lowest BCUT2D eigenvalue weighted by Crippen LogP contribution is -2.40. The molecule has 0 radical (unpaired) electrons. The zero-order valence-corrected chi connectivity index (χ0v) is 19.0. The monoisotopic (exact) mass is 422 g/mol. The van der Waals surface area contributed by atoms with Crippen molar-refractivity contribution in [2.45, 2.75) is 70.9 Å². The van der Waals surface area contributed by atoms with Crippen molar-refractivity contribution >= 4 is 33.8 Å². The second-order valence-corrected chi connectivity index (χ2v) is 10.1. The number of nitrogens with zero attached hydrogens (tertiary/aromatic N) is 2. The SMILES string of the molecule is Cc1ncsc1C(=O)NC1CCC(Nc2cc(C(C)(C)C)nc3ccccc23)CC1. The molecule has 0 atom stereocenters. The van der Waals surface area contributed by atoms with Crippen LogP contribution >= 0.6 is 11.3 Å². The molecule has 2 aromatic heterocycles. The Hall–Kier alpha value is -2.47. The van der Waals surface area contributed by atoms with Crippen LogP contribution in [0.1, 0.15) is 67.5 Å². The minimum Gasteiger partial charge on any atom is -0.382 e. The number of thiazole rings is 1. The third kappa shape index (κ3) is 4.48. The van der Waals surface area contributed by atoms with E-state index < -0.39 is 0 Å². The van der Waals surface area contributed by atoms with Gasteiger partial charge in [0.15, 0.2) is 0 Å². The Morgan fingerprint density at radius 3 is 2.47 bits per heavy atom. The smallest absolute Gasteiger partial charge is 0.263 e. The lowest BCUT2D eigenvalue weighted by Gasteiger charge is -2.31. The van der Waals surface area contributed by atoms with E-state index >= 15 is 0 Å². The van der Waals surface area contributed by atoms with Crippen molar-refractivity contribution < 1.29 is 4.79 Å². The second-order valence-electron chi connectivity index (χ2n) is 9.26. The molecule has 4 rings (SSSR count). The summed E-state index contributed by atoms with van der Waals surface area (Å²) in [5, 5.41) is 8.15. The van der Waals surface area contributed by atoms with Gasteiger partial charge in [0.25, 0.3) is 5.91 Å². The number of aromatic nitrogens is 2. The fourth-order valence-electron chi connectivity index (χ4n) is 4.05. The summed E-state index contributed by atoms with van der Waals surface area (Å²) in [6.45, 7) is 8.49. The molecule has 1 aliphatic carbocycles. The number of anilines is 1. The molecule has 0 aliphatic heterocycles. The molecule has 2 heterocycles. The van der Waals surface area contributed by atoms with Gasteiger partial charge in [-0.05, 0) is 44.7 Å². The summed E-state index contributed by atoms with van der Waals surface area (Å²) in [4.78, 5) is 22.3. The third-order valence-electron chi connectivity index (χ3n) is 5.86. The molecule has 1 saturated carbocycles. The zero-order chi connectivity index (χ0) is 21.3. The largest absolute Gasteiger partial charge is 0.382 e. The molecule has 5 nitrogen and oxygen atoms in total. The Morgan fingerprint density at radius 2 is 1.80 bits per heavy atom. The van der Waals surface area contributed by atoms with Crippen molar-refractivity contribution in [2.24, 2.45) is 0 Å². The number of pyridine rings is 1. The van der Waals surface area contributed by atoms with Gasteiger partial charge in [-0.15, -0.1) is 11.3 Å². The summed E-state index contributed by atoms with van der Waals surface area (Å²) in [5.74, 6) is 0.0151. The molecule has 1 aromatic carbocycles. The maximum absolute atomic E-state index is 12.5. The van der Waals surface area contributed by atoms with Crippen LogP contribution < -0.4 is 10.6 Å². The minimum atomic E-state index is -0.00279. The zero-order valence-electron chi connectivity index (χ0n) is 18.2. The van der Waals surface area contributed by atoms with E-state index in [0.29, 0.717) is 6.04 Å². The number of carbonyl (C=O) groups is 1. The van der Waals surface area contributed by atoms with E-state index in [2.05, 4.69) is 60.7 Å². The number of hydrogen-bond donors (Lipinski definition) is 2. The molecule has 1 aliphatic rings. The fourth-order valence-corrected chi connectivity index (χ4v) is 4.76. The molecular formula is C24H30N4OS. The Morgan fingerprint density at radius 1 is 1.10 bits per heavy atom. The van der Waals surface area contributed by atoms with Crippen LogP contribution in [0.3, 0.4) is 0 Å². The van der Waals surface area contributed by atoms with E-state index in [1.165, 1.54) is 22.4 Å². The molecule has 2 N–H and O–H groups in total. The van der Waals surface area contributed by atoms with E-state index in [9.17, 15) is 4.79 Å². The van der Waals surface area contributed by atoms with E-state index in [1.54, 1.807) is 5.51 Å². The van der Waals surface area contributed by atoms with Gasteiger partial charge in [0.1, 0.15) is 4.88 Å². The highest BCUT2D eigenvalue weighted by molar-refractivity contribution is 7.11. The van der Waals surface area contributed by atoms with Gasteiger partial charge in [0, 0.05) is 34.3 Å². The Bertz CT molecular complexity index is 1040. The lowest BCUT2D eigenvalue weighted by molar-refractivity contribution is 0.0930. The van der Waals surface area contributed by atoms with Crippen LogP contribution in [0.4, 0.5) is 5.69 Å². The molecule has 6 heteroatoms. The Labute approximate surface area is 182 Å². The summed E-state index contributed by atoms with van der Waals surface area (Å²) in [7, 11) is 0. The minimum absolute atomic E-state index is 0.00279. The highest BCUT2D eigenvalue weighted by Gasteiger charge is 2.25. The summed E-state index contributed by atoms with van der Waals surface area (Å²) in [6, 6.07) is 11.2. The van der Waals surface area contributed by atoms with Crippen LogP contribution in [0.15, 0.2) is 35.8 Å². The molecule has 1 fully saturated rings. The van der Waals surface area contributed by atoms with Gasteiger partial charge in [-0.2, -0.15) is 0 Å². The maximum Gasteiger partial charge on any atom is 0.263 e. The number of rotatable bonds is 4. The third-order valence-corrected chi connectivity index (χ3v) is 6.79. The number of fused-ring (bicyclic) bond motifs is 1. The van der Waals surface area contributed by atoms with Crippen LogP contribution in [-0.2, 0) is 5.41 Å². The van der Waals surface area contributed by atoms with Crippen LogP contribution in [0.5, 0.6) is 0 Å². The lowest BCUT2D eigenvalue weighted by atomic mass is 9.89. The van der Waals surface area contributed by atoms with Crippen molar-refractivity contribution in [3.63, 3.8) is 0 Å². The number of amides is 1. The molecular weight excluding hydrogens is 392 g/mol. The maximum atomic E-state index is 12.5. The molecule has 0 saturated heterocycles. The number of para-hydroxylation sites is 1. The van der Waals surface area contributed by atoms with Gasteiger partial charge >= 0.3 is 0 Å². The molecule has 1 amide bonds. The van der Waals surface area contributed by atoms with Gasteiger partial charge in [0.2, 0.25) is 0 Å². The highest BCUT2D eigenvalue weighted by atomic mass is 32.1. The van der Waals surface area contributed by atoms with Crippen LogP contribution in [-0.4, -0.2) is 28.0 Å². The van der Waals surface area contributed by atoms with E-state index in [0.717, 1.165) is 47.5 Å². The van der Waals surface area contributed by atoms with Gasteiger partial charge in [-0.3, -0.25) is 9.78 Å². The highest BCUT2D eigenvalue weighted by Crippen LogP contribution is 2.31. The van der Waals surface area contributed by atoms with Crippen LogP contribution in [0, 0.1) is 6.92 Å². The number of benzene rings is 1. The quantitative estimate of drug-likeness (QED) is 0.587. The summed E-state index contributed by atoms with van der Waals surface area (Å²) in [6.07, 6.45) is 4.04. The Balaban J connectivity index is 1.43.